The van der Waals surface area contributed by atoms with E-state index in [-0.39, 0.29) is 59.5 Å². The number of ether oxygens (including phenoxy) is 3. The van der Waals surface area contributed by atoms with E-state index in [2.05, 4.69) is 29.9 Å². The third-order valence-electron chi connectivity index (χ3n) is 11.5. The largest absolute Gasteiger partial charge is 0.440 e. The number of nitrogens with two attached hydrogens (primary N) is 1. The Hall–Kier alpha value is -9.01. The van der Waals surface area contributed by atoms with Crippen molar-refractivity contribution in [3.8, 4) is 34.9 Å². The van der Waals surface area contributed by atoms with Crippen LogP contribution in [0.2, 0.25) is 0 Å². The number of halogens is 3. The summed E-state index contributed by atoms with van der Waals surface area (Å²) in [5.74, 6) is -1.10. The third-order valence-corrected chi connectivity index (χ3v) is 11.5. The lowest BCUT2D eigenvalue weighted by Gasteiger charge is -2.19. The first-order valence-corrected chi connectivity index (χ1v) is 24.4. The molecule has 5 heterocycles. The standard InChI is InChI=1S/C21H23FN4O3.C20H19F2N3O3.C15H18N2O3/c1-11(2)18-19(27)25-21(28)26(10-14-8-16(22)24-17(23)9-14)20(18)29-15-6-12(3)5-13(4)7-15;1-4-15-18(26)24-20(27)25(10-13-8-16(21)23-17(22)9-13)19(15)28-14-6-11(2)5-12(3)7-14;1-8(2)12-13(18)16-15(19)17-14(12)20-11-6-9(3)5-10(4)7-11/h5-9,11H,10H2,1-4H3,(H2,23,24)(H,25,27,28);5-9H,4,10H2,1-3H3,(H,24,26,27);5-8H,1-4H3,(H2,16,17,18,19). The number of benzene rings is 3. The second-order valence-corrected chi connectivity index (χ2v) is 19.1. The number of aromatic nitrogens is 8. The molecule has 3 aromatic carbocycles. The molecule has 0 aliphatic rings. The molecule has 0 amide bonds. The molecular formula is C56H60F3N9O9. The highest BCUT2D eigenvalue weighted by molar-refractivity contribution is 5.41. The number of hydrogen-bond donors (Lipinski definition) is 5. The van der Waals surface area contributed by atoms with Crippen LogP contribution in [0.3, 0.4) is 0 Å². The molecule has 0 fully saturated rings. The van der Waals surface area contributed by atoms with Gasteiger partial charge in [0.1, 0.15) is 23.1 Å². The van der Waals surface area contributed by atoms with Crippen LogP contribution < -0.4 is 53.7 Å². The highest BCUT2D eigenvalue weighted by atomic mass is 19.1. The molecule has 5 aromatic heterocycles. The topological polar surface area (TPSA) is 255 Å². The van der Waals surface area contributed by atoms with Crippen LogP contribution in [0.15, 0.2) is 108 Å². The second kappa shape index (κ2) is 24.6. The highest BCUT2D eigenvalue weighted by Gasteiger charge is 2.22. The van der Waals surface area contributed by atoms with Gasteiger partial charge in [0, 0.05) is 0 Å². The van der Waals surface area contributed by atoms with Gasteiger partial charge in [-0.2, -0.15) is 18.2 Å². The summed E-state index contributed by atoms with van der Waals surface area (Å²) >= 11 is 0. The Morgan fingerprint density at radius 1 is 0.494 bits per heavy atom. The predicted molar refractivity (Wildman–Crippen MR) is 287 cm³/mol. The zero-order valence-corrected chi connectivity index (χ0v) is 44.5. The van der Waals surface area contributed by atoms with Gasteiger partial charge >= 0.3 is 17.1 Å². The maximum Gasteiger partial charge on any atom is 0.331 e. The van der Waals surface area contributed by atoms with Crippen LogP contribution in [0.5, 0.6) is 34.9 Å². The molecule has 0 saturated carbocycles. The lowest BCUT2D eigenvalue weighted by molar-refractivity contribution is 0.409. The molecule has 0 aliphatic carbocycles. The molecule has 8 rings (SSSR count). The Kier molecular flexibility index (Phi) is 18.3. The number of pyridine rings is 2. The summed E-state index contributed by atoms with van der Waals surface area (Å²) in [4.78, 5) is 89.0. The third kappa shape index (κ3) is 15.1. The number of rotatable bonds is 13. The van der Waals surface area contributed by atoms with E-state index in [1.165, 1.54) is 16.7 Å². The average Bonchev–Trinajstić information content (AvgIpc) is 3.27. The minimum atomic E-state index is -1.00. The Balaban J connectivity index is 0.000000191. The molecule has 77 heavy (non-hydrogen) atoms. The zero-order valence-electron chi connectivity index (χ0n) is 44.5. The van der Waals surface area contributed by atoms with Crippen LogP contribution in [0, 0.1) is 59.4 Å². The van der Waals surface area contributed by atoms with Gasteiger partial charge in [0.2, 0.25) is 35.5 Å². The Labute approximate surface area is 439 Å². The minimum absolute atomic E-state index is 0.00154. The van der Waals surface area contributed by atoms with Crippen molar-refractivity contribution in [2.24, 2.45) is 0 Å². The fourth-order valence-electron chi connectivity index (χ4n) is 8.53. The van der Waals surface area contributed by atoms with Crippen molar-refractivity contribution in [1.29, 1.82) is 0 Å². The minimum Gasteiger partial charge on any atom is -0.440 e. The summed E-state index contributed by atoms with van der Waals surface area (Å²) in [5, 5.41) is 0. The molecule has 18 nitrogen and oxygen atoms in total. The molecule has 404 valence electrons. The molecule has 0 aliphatic heterocycles. The van der Waals surface area contributed by atoms with Gasteiger partial charge in [0.05, 0.1) is 29.8 Å². The first-order valence-electron chi connectivity index (χ1n) is 24.4. The monoisotopic (exact) mass is 1060 g/mol. The van der Waals surface area contributed by atoms with Crippen LogP contribution in [0.25, 0.3) is 0 Å². The van der Waals surface area contributed by atoms with E-state index in [1.807, 2.05) is 112 Å². The maximum absolute atomic E-state index is 13.7. The van der Waals surface area contributed by atoms with Gasteiger partial charge in [-0.1, -0.05) is 52.8 Å². The summed E-state index contributed by atoms with van der Waals surface area (Å²) in [6.45, 7) is 20.5. The number of nitrogen functional groups attached to an aromatic ring is 1. The quantitative estimate of drug-likeness (QED) is 0.0678. The Morgan fingerprint density at radius 2 is 0.883 bits per heavy atom. The molecule has 6 N–H and O–H groups in total. The normalized spacial score (nSPS) is 11.0. The van der Waals surface area contributed by atoms with Crippen molar-refractivity contribution < 1.29 is 27.4 Å². The molecule has 0 atom stereocenters. The van der Waals surface area contributed by atoms with Gasteiger partial charge in [0.15, 0.2) is 0 Å². The molecule has 0 spiro atoms. The van der Waals surface area contributed by atoms with E-state index in [9.17, 15) is 41.9 Å². The van der Waals surface area contributed by atoms with Gasteiger partial charge in [-0.3, -0.25) is 43.5 Å². The summed E-state index contributed by atoms with van der Waals surface area (Å²) in [6.07, 6.45) is 0.300. The molecule has 21 heteroatoms. The van der Waals surface area contributed by atoms with E-state index in [0.29, 0.717) is 40.4 Å². The van der Waals surface area contributed by atoms with Crippen molar-refractivity contribution in [2.45, 2.75) is 108 Å². The summed E-state index contributed by atoms with van der Waals surface area (Å²) in [6, 6.07) is 21.6. The summed E-state index contributed by atoms with van der Waals surface area (Å²) in [5.41, 5.74) is 9.75. The van der Waals surface area contributed by atoms with E-state index in [4.69, 9.17) is 19.9 Å². The number of anilines is 1. The number of aryl methyl sites for hydroxylation is 6. The van der Waals surface area contributed by atoms with Crippen molar-refractivity contribution in [2.75, 3.05) is 5.73 Å². The van der Waals surface area contributed by atoms with Crippen LogP contribution in [-0.2, 0) is 19.5 Å². The lowest BCUT2D eigenvalue weighted by atomic mass is 10.1. The first-order chi connectivity index (χ1) is 36.3. The molecule has 8 aromatic rings. The number of hydrogen-bond acceptors (Lipinski definition) is 12. The summed E-state index contributed by atoms with van der Waals surface area (Å²) in [7, 11) is 0. The summed E-state index contributed by atoms with van der Waals surface area (Å²) < 4.78 is 60.7. The zero-order chi connectivity index (χ0) is 56.6. The maximum atomic E-state index is 13.7. The van der Waals surface area contributed by atoms with Gasteiger partial charge in [0.25, 0.3) is 16.7 Å². The molecule has 0 saturated heterocycles. The molecule has 0 unspecified atom stereocenters. The molecule has 0 bridgehead atoms. The van der Waals surface area contributed by atoms with Crippen molar-refractivity contribution >= 4 is 5.82 Å². The Morgan fingerprint density at radius 3 is 1.32 bits per heavy atom. The SMILES string of the molecule is CCc1c(Oc2cc(C)cc(C)c2)n(Cc2cc(F)nc(F)c2)c(=O)[nH]c1=O.Cc1cc(C)cc(Oc2[nH]c(=O)[nH]c(=O)c2C(C)C)c1.Cc1cc(C)cc(Oc2c(C(C)C)c(=O)[nH]c(=O)n2Cc2cc(N)nc(F)c2)c1. The van der Waals surface area contributed by atoms with Crippen molar-refractivity contribution in [3.63, 3.8) is 0 Å². The fraction of sp³-hybridized carbons (Fsp3) is 0.286. The van der Waals surface area contributed by atoms with Gasteiger partial charge in [-0.15, -0.1) is 0 Å². The predicted octanol–water partition coefficient (Wildman–Crippen LogP) is 9.06. The number of nitrogens with zero attached hydrogens (tertiary/aromatic N) is 4. The van der Waals surface area contributed by atoms with Crippen LogP contribution in [0.1, 0.15) is 108 Å². The van der Waals surface area contributed by atoms with Gasteiger partial charge in [-0.05, 0) is 165 Å². The first kappa shape index (κ1) is 57.3. The Bertz CT molecular complexity index is 3760. The van der Waals surface area contributed by atoms with Gasteiger partial charge < -0.3 is 19.9 Å². The molecule has 0 radical (unpaired) electrons. The van der Waals surface area contributed by atoms with Crippen LogP contribution in [0.4, 0.5) is 19.0 Å². The number of aromatic amines is 4. The number of nitrogens with one attached hydrogen (secondary N) is 4. The average molecular weight is 1060 g/mol. The van der Waals surface area contributed by atoms with E-state index >= 15 is 0 Å². The van der Waals surface area contributed by atoms with Crippen molar-refractivity contribution in [1.82, 2.24) is 39.0 Å². The van der Waals surface area contributed by atoms with E-state index in [0.717, 1.165) is 50.1 Å². The molecular weight excluding hydrogens is 1000 g/mol. The van der Waals surface area contributed by atoms with Crippen LogP contribution >= 0.6 is 0 Å². The van der Waals surface area contributed by atoms with E-state index < -0.39 is 51.6 Å². The lowest BCUT2D eigenvalue weighted by Crippen LogP contribution is -2.34. The number of H-pyrrole nitrogens is 4. The fourth-order valence-corrected chi connectivity index (χ4v) is 8.53. The van der Waals surface area contributed by atoms with Crippen LogP contribution in [-0.4, -0.2) is 39.0 Å². The van der Waals surface area contributed by atoms with Gasteiger partial charge in [-0.25, -0.2) is 19.4 Å². The highest BCUT2D eigenvalue weighted by Crippen LogP contribution is 2.31. The van der Waals surface area contributed by atoms with E-state index in [1.54, 1.807) is 19.1 Å². The van der Waals surface area contributed by atoms with Crippen molar-refractivity contribution in [3.05, 3.63) is 220 Å². The second-order valence-electron chi connectivity index (χ2n) is 19.1. The smallest absolute Gasteiger partial charge is 0.331 e.